The van der Waals surface area contributed by atoms with E-state index < -0.39 is 0 Å². The van der Waals surface area contributed by atoms with Gasteiger partial charge in [-0.15, -0.1) is 0 Å². The van der Waals surface area contributed by atoms with E-state index in [1.807, 2.05) is 13.8 Å². The Morgan fingerprint density at radius 1 is 1.25 bits per heavy atom. The van der Waals surface area contributed by atoms with E-state index in [9.17, 15) is 0 Å². The molecule has 1 N–H and O–H groups in total. The summed E-state index contributed by atoms with van der Waals surface area (Å²) in [6.45, 7) is 7.05. The zero-order chi connectivity index (χ0) is 14.5. The second-order valence-electron chi connectivity index (χ2n) is 5.78. The first-order valence-corrected chi connectivity index (χ1v) is 7.74. The van der Waals surface area contributed by atoms with Gasteiger partial charge < -0.3 is 10.1 Å². The Bertz CT molecular complexity index is 441. The van der Waals surface area contributed by atoms with Crippen molar-refractivity contribution in [2.24, 2.45) is 11.8 Å². The Kier molecular flexibility index (Phi) is 5.40. The third kappa shape index (κ3) is 4.47. The van der Waals surface area contributed by atoms with Gasteiger partial charge in [-0.3, -0.25) is 0 Å². The van der Waals surface area contributed by atoms with Gasteiger partial charge in [-0.1, -0.05) is 26.2 Å². The van der Waals surface area contributed by atoms with Gasteiger partial charge in [0, 0.05) is 6.54 Å². The topological polar surface area (TPSA) is 59.9 Å². The highest BCUT2D eigenvalue weighted by molar-refractivity contribution is 6.28. The molecule has 2 atom stereocenters. The van der Waals surface area contributed by atoms with Crippen LogP contribution < -0.4 is 10.1 Å². The molecule has 1 saturated carbocycles. The van der Waals surface area contributed by atoms with Crippen LogP contribution in [0.25, 0.3) is 0 Å². The summed E-state index contributed by atoms with van der Waals surface area (Å²) >= 11 is 5.90. The van der Waals surface area contributed by atoms with E-state index in [4.69, 9.17) is 16.3 Å². The van der Waals surface area contributed by atoms with Crippen molar-refractivity contribution >= 4 is 17.5 Å². The van der Waals surface area contributed by atoms with Gasteiger partial charge in [0.1, 0.15) is 0 Å². The van der Waals surface area contributed by atoms with E-state index in [0.29, 0.717) is 11.9 Å². The predicted molar refractivity (Wildman–Crippen MR) is 80.2 cm³/mol. The smallest absolute Gasteiger partial charge is 0.322 e. The fourth-order valence-electron chi connectivity index (χ4n) is 2.59. The number of rotatable bonds is 5. The number of nitrogens with zero attached hydrogens (tertiary/aromatic N) is 3. The molecule has 1 aromatic rings. The van der Waals surface area contributed by atoms with Gasteiger partial charge in [0.2, 0.25) is 11.2 Å². The van der Waals surface area contributed by atoms with Crippen molar-refractivity contribution in [1.82, 2.24) is 15.0 Å². The number of hydrogen-bond donors (Lipinski definition) is 1. The fourth-order valence-corrected chi connectivity index (χ4v) is 2.75. The minimum absolute atomic E-state index is 0.0136. The summed E-state index contributed by atoms with van der Waals surface area (Å²) in [5.41, 5.74) is 0. The molecule has 2 rings (SSSR count). The van der Waals surface area contributed by atoms with Crippen molar-refractivity contribution in [2.45, 2.75) is 52.6 Å². The van der Waals surface area contributed by atoms with Crippen LogP contribution in [0.1, 0.15) is 46.5 Å². The second-order valence-corrected chi connectivity index (χ2v) is 6.12. The molecule has 0 amide bonds. The maximum atomic E-state index is 5.90. The molecule has 1 aromatic heterocycles. The SMILES string of the molecule is CC(C)Oc1nc(Cl)nc(NCC2CCCCC2C)n1. The average molecular weight is 299 g/mol. The lowest BCUT2D eigenvalue weighted by molar-refractivity contribution is 0.221. The van der Waals surface area contributed by atoms with Crippen LogP contribution in [0, 0.1) is 11.8 Å². The van der Waals surface area contributed by atoms with Crippen LogP contribution in [0.2, 0.25) is 5.28 Å². The Morgan fingerprint density at radius 2 is 2.00 bits per heavy atom. The molecule has 5 nitrogen and oxygen atoms in total. The van der Waals surface area contributed by atoms with Crippen LogP contribution in [0.3, 0.4) is 0 Å². The third-order valence-corrected chi connectivity index (χ3v) is 3.91. The lowest BCUT2D eigenvalue weighted by Gasteiger charge is -2.28. The summed E-state index contributed by atoms with van der Waals surface area (Å²) in [6, 6.07) is 0.277. The summed E-state index contributed by atoms with van der Waals surface area (Å²) in [6.07, 6.45) is 5.26. The van der Waals surface area contributed by atoms with Gasteiger partial charge in [-0.05, 0) is 43.7 Å². The van der Waals surface area contributed by atoms with E-state index in [1.54, 1.807) is 0 Å². The Morgan fingerprint density at radius 3 is 2.70 bits per heavy atom. The quantitative estimate of drug-likeness (QED) is 0.901. The van der Waals surface area contributed by atoms with Crippen molar-refractivity contribution in [3.63, 3.8) is 0 Å². The van der Waals surface area contributed by atoms with Gasteiger partial charge in [0.25, 0.3) is 0 Å². The van der Waals surface area contributed by atoms with Gasteiger partial charge in [-0.2, -0.15) is 15.0 Å². The van der Waals surface area contributed by atoms with E-state index >= 15 is 0 Å². The molecule has 0 radical (unpaired) electrons. The van der Waals surface area contributed by atoms with Crippen LogP contribution in [0.5, 0.6) is 6.01 Å². The van der Waals surface area contributed by atoms with Crippen molar-refractivity contribution in [3.8, 4) is 6.01 Å². The fraction of sp³-hybridized carbons (Fsp3) is 0.786. The molecule has 1 fully saturated rings. The van der Waals surface area contributed by atoms with E-state index in [-0.39, 0.29) is 17.4 Å². The Labute approximate surface area is 125 Å². The molecule has 112 valence electrons. The first-order valence-electron chi connectivity index (χ1n) is 7.36. The van der Waals surface area contributed by atoms with Gasteiger partial charge in [-0.25, -0.2) is 0 Å². The van der Waals surface area contributed by atoms with Crippen molar-refractivity contribution < 1.29 is 4.74 Å². The molecule has 0 aromatic carbocycles. The molecule has 2 unspecified atom stereocenters. The molecule has 1 heterocycles. The van der Waals surface area contributed by atoms with E-state index in [1.165, 1.54) is 25.7 Å². The highest BCUT2D eigenvalue weighted by atomic mass is 35.5. The van der Waals surface area contributed by atoms with Crippen LogP contribution in [-0.4, -0.2) is 27.6 Å². The molecule has 0 saturated heterocycles. The highest BCUT2D eigenvalue weighted by Crippen LogP contribution is 2.29. The van der Waals surface area contributed by atoms with Crippen molar-refractivity contribution in [3.05, 3.63) is 5.28 Å². The molecule has 1 aliphatic rings. The maximum Gasteiger partial charge on any atom is 0.322 e. The molecule has 0 spiro atoms. The van der Waals surface area contributed by atoms with Gasteiger partial charge in [0.05, 0.1) is 6.10 Å². The standard InChI is InChI=1S/C14H23ClN4O/c1-9(2)20-14-18-12(15)17-13(19-14)16-8-11-7-5-4-6-10(11)3/h9-11H,4-8H2,1-3H3,(H,16,17,18,19). The Balaban J connectivity index is 1.96. The number of anilines is 1. The molecule has 6 heteroatoms. The third-order valence-electron chi connectivity index (χ3n) is 3.74. The summed E-state index contributed by atoms with van der Waals surface area (Å²) < 4.78 is 5.46. The number of aromatic nitrogens is 3. The monoisotopic (exact) mass is 298 g/mol. The highest BCUT2D eigenvalue weighted by Gasteiger charge is 2.21. The second kappa shape index (κ2) is 7.07. The largest absolute Gasteiger partial charge is 0.461 e. The van der Waals surface area contributed by atoms with Crippen molar-refractivity contribution in [1.29, 1.82) is 0 Å². The normalized spacial score (nSPS) is 22.9. The Hall–Kier alpha value is -1.10. The van der Waals surface area contributed by atoms with Crippen molar-refractivity contribution in [2.75, 3.05) is 11.9 Å². The minimum Gasteiger partial charge on any atom is -0.461 e. The lowest BCUT2D eigenvalue weighted by Crippen LogP contribution is -2.25. The lowest BCUT2D eigenvalue weighted by atomic mass is 9.80. The summed E-state index contributed by atoms with van der Waals surface area (Å²) in [7, 11) is 0. The first kappa shape index (κ1) is 15.3. The molecular formula is C14H23ClN4O. The van der Waals surface area contributed by atoms with E-state index in [2.05, 4.69) is 27.2 Å². The molecule has 0 aliphatic heterocycles. The summed E-state index contributed by atoms with van der Waals surface area (Å²) in [4.78, 5) is 12.3. The number of ether oxygens (including phenoxy) is 1. The van der Waals surface area contributed by atoms with Gasteiger partial charge >= 0.3 is 6.01 Å². The minimum atomic E-state index is 0.0136. The van der Waals surface area contributed by atoms with Crippen LogP contribution in [0.15, 0.2) is 0 Å². The predicted octanol–water partition coefficient (Wildman–Crippen LogP) is 3.55. The molecule has 0 bridgehead atoms. The molecule has 1 aliphatic carbocycles. The van der Waals surface area contributed by atoms with Crippen LogP contribution in [0.4, 0.5) is 5.95 Å². The molecule has 20 heavy (non-hydrogen) atoms. The van der Waals surface area contributed by atoms with Crippen LogP contribution >= 0.6 is 11.6 Å². The number of halogens is 1. The van der Waals surface area contributed by atoms with Crippen LogP contribution in [-0.2, 0) is 0 Å². The number of hydrogen-bond acceptors (Lipinski definition) is 5. The first-order chi connectivity index (χ1) is 9.54. The van der Waals surface area contributed by atoms with E-state index in [0.717, 1.165) is 12.5 Å². The summed E-state index contributed by atoms with van der Waals surface area (Å²) in [5.74, 6) is 1.92. The number of nitrogens with one attached hydrogen (secondary N) is 1. The maximum absolute atomic E-state index is 5.90. The summed E-state index contributed by atoms with van der Waals surface area (Å²) in [5, 5.41) is 3.43. The zero-order valence-electron chi connectivity index (χ0n) is 12.4. The molecular weight excluding hydrogens is 276 g/mol. The van der Waals surface area contributed by atoms with Gasteiger partial charge in [0.15, 0.2) is 0 Å². The average Bonchev–Trinajstić information content (AvgIpc) is 2.36. The zero-order valence-corrected chi connectivity index (χ0v) is 13.2.